The molecule has 0 aliphatic carbocycles. The highest BCUT2D eigenvalue weighted by Gasteiger charge is 2.00. The molecule has 0 radical (unpaired) electrons. The third kappa shape index (κ3) is 2.73. The van der Waals surface area contributed by atoms with Gasteiger partial charge in [0.15, 0.2) is 0 Å². The van der Waals surface area contributed by atoms with Crippen LogP contribution in [-0.2, 0) is 0 Å². The summed E-state index contributed by atoms with van der Waals surface area (Å²) in [5.74, 6) is 5.76. The van der Waals surface area contributed by atoms with Crippen molar-refractivity contribution in [2.24, 2.45) is 0 Å². The van der Waals surface area contributed by atoms with E-state index in [0.717, 1.165) is 11.1 Å². The van der Waals surface area contributed by atoms with E-state index in [1.807, 2.05) is 60.7 Å². The Morgan fingerprint density at radius 2 is 1.38 bits per heavy atom. The molecule has 2 rings (SSSR count). The summed E-state index contributed by atoms with van der Waals surface area (Å²) in [7, 11) is 0. The largest absolute Gasteiger partial charge is 0.376 e. The van der Waals surface area contributed by atoms with E-state index < -0.39 is 6.10 Å². The lowest BCUT2D eigenvalue weighted by atomic mass is 10.1. The van der Waals surface area contributed by atoms with Gasteiger partial charge in [0.2, 0.25) is 0 Å². The first kappa shape index (κ1) is 10.5. The predicted octanol–water partition coefficient (Wildman–Crippen LogP) is 2.77. The summed E-state index contributed by atoms with van der Waals surface area (Å²) in [6, 6.07) is 19.1. The molecule has 0 saturated heterocycles. The highest BCUT2D eigenvalue weighted by atomic mass is 16.3. The van der Waals surface area contributed by atoms with Gasteiger partial charge in [-0.25, -0.2) is 0 Å². The number of rotatable bonds is 1. The average Bonchev–Trinajstić information content (AvgIpc) is 2.38. The molecule has 0 amide bonds. The second-order valence-corrected chi connectivity index (χ2v) is 3.45. The van der Waals surface area contributed by atoms with Crippen LogP contribution in [0.25, 0.3) is 0 Å². The normalized spacial score (nSPS) is 11.3. The zero-order valence-electron chi connectivity index (χ0n) is 8.80. The first-order valence-electron chi connectivity index (χ1n) is 5.16. The summed E-state index contributed by atoms with van der Waals surface area (Å²) >= 11 is 0. The van der Waals surface area contributed by atoms with E-state index in [2.05, 4.69) is 11.8 Å². The minimum Gasteiger partial charge on any atom is -0.376 e. The molecule has 0 heterocycles. The van der Waals surface area contributed by atoms with E-state index in [0.29, 0.717) is 0 Å². The van der Waals surface area contributed by atoms with Gasteiger partial charge < -0.3 is 5.11 Å². The molecule has 0 saturated carbocycles. The van der Waals surface area contributed by atoms with Crippen molar-refractivity contribution in [3.8, 4) is 11.8 Å². The molecule has 2 aromatic carbocycles. The Morgan fingerprint density at radius 1 is 0.812 bits per heavy atom. The predicted molar refractivity (Wildman–Crippen MR) is 64.7 cm³/mol. The van der Waals surface area contributed by atoms with Crippen molar-refractivity contribution in [3.05, 3.63) is 71.8 Å². The van der Waals surface area contributed by atoms with Gasteiger partial charge in [0.1, 0.15) is 6.10 Å². The van der Waals surface area contributed by atoms with Crippen molar-refractivity contribution in [1.29, 1.82) is 0 Å². The van der Waals surface area contributed by atoms with E-state index in [1.165, 1.54) is 0 Å². The third-order valence-corrected chi connectivity index (χ3v) is 2.24. The van der Waals surface area contributed by atoms with Gasteiger partial charge in [-0.3, -0.25) is 0 Å². The molecule has 0 fully saturated rings. The van der Waals surface area contributed by atoms with Crippen molar-refractivity contribution >= 4 is 0 Å². The molecule has 0 aliphatic rings. The third-order valence-electron chi connectivity index (χ3n) is 2.24. The second kappa shape index (κ2) is 5.16. The molecule has 1 N–H and O–H groups in total. The molecule has 1 atom stereocenters. The van der Waals surface area contributed by atoms with Crippen LogP contribution in [0.5, 0.6) is 0 Å². The molecule has 0 spiro atoms. The summed E-state index contributed by atoms with van der Waals surface area (Å²) in [6.07, 6.45) is -0.721. The fourth-order valence-electron chi connectivity index (χ4n) is 1.39. The monoisotopic (exact) mass is 208 g/mol. The van der Waals surface area contributed by atoms with E-state index in [-0.39, 0.29) is 0 Å². The lowest BCUT2D eigenvalue weighted by Gasteiger charge is -2.01. The van der Waals surface area contributed by atoms with Gasteiger partial charge in [-0.05, 0) is 17.7 Å². The van der Waals surface area contributed by atoms with E-state index in [4.69, 9.17) is 0 Å². The van der Waals surface area contributed by atoms with E-state index in [9.17, 15) is 5.11 Å². The van der Waals surface area contributed by atoms with Gasteiger partial charge in [0.25, 0.3) is 0 Å². The standard InChI is InChI=1S/C15H12O/c16-15(14-9-5-2-6-10-14)12-11-13-7-3-1-4-8-13/h1-10,15-16H. The zero-order valence-corrected chi connectivity index (χ0v) is 8.80. The van der Waals surface area contributed by atoms with Crippen LogP contribution in [0.4, 0.5) is 0 Å². The molecular formula is C15H12O. The highest BCUT2D eigenvalue weighted by molar-refractivity contribution is 5.36. The number of hydrogen-bond donors (Lipinski definition) is 1. The fourth-order valence-corrected chi connectivity index (χ4v) is 1.39. The molecule has 1 heteroatoms. The van der Waals surface area contributed by atoms with Crippen LogP contribution in [-0.4, -0.2) is 5.11 Å². The van der Waals surface area contributed by atoms with Crippen molar-refractivity contribution in [1.82, 2.24) is 0 Å². The van der Waals surface area contributed by atoms with Gasteiger partial charge in [-0.1, -0.05) is 60.4 Å². The van der Waals surface area contributed by atoms with Crippen LogP contribution in [0.3, 0.4) is 0 Å². The first-order valence-corrected chi connectivity index (χ1v) is 5.16. The summed E-state index contributed by atoms with van der Waals surface area (Å²) in [6.45, 7) is 0. The van der Waals surface area contributed by atoms with Crippen molar-refractivity contribution in [2.75, 3.05) is 0 Å². The fraction of sp³-hybridized carbons (Fsp3) is 0.0667. The van der Waals surface area contributed by atoms with Crippen LogP contribution >= 0.6 is 0 Å². The topological polar surface area (TPSA) is 20.2 Å². The molecule has 16 heavy (non-hydrogen) atoms. The Kier molecular flexibility index (Phi) is 3.38. The van der Waals surface area contributed by atoms with Gasteiger partial charge >= 0.3 is 0 Å². The minimum atomic E-state index is -0.721. The molecule has 1 nitrogen and oxygen atoms in total. The molecule has 78 valence electrons. The summed E-state index contributed by atoms with van der Waals surface area (Å²) in [4.78, 5) is 0. The molecular weight excluding hydrogens is 196 g/mol. The van der Waals surface area contributed by atoms with Crippen LogP contribution in [0, 0.1) is 11.8 Å². The van der Waals surface area contributed by atoms with Gasteiger partial charge in [-0.15, -0.1) is 0 Å². The van der Waals surface area contributed by atoms with E-state index >= 15 is 0 Å². The minimum absolute atomic E-state index is 0.721. The summed E-state index contributed by atoms with van der Waals surface area (Å²) in [5, 5.41) is 9.81. The van der Waals surface area contributed by atoms with Gasteiger partial charge in [0, 0.05) is 5.56 Å². The Bertz CT molecular complexity index is 491. The number of aliphatic hydroxyl groups excluding tert-OH is 1. The Hall–Kier alpha value is -2.04. The maximum atomic E-state index is 9.81. The van der Waals surface area contributed by atoms with Gasteiger partial charge in [0.05, 0.1) is 0 Å². The SMILES string of the molecule is OC(C#Cc1ccccc1)c1ccccc1. The van der Waals surface area contributed by atoms with Crippen LogP contribution in [0.2, 0.25) is 0 Å². The Labute approximate surface area is 95.4 Å². The van der Waals surface area contributed by atoms with Crippen molar-refractivity contribution < 1.29 is 5.11 Å². The molecule has 0 aliphatic heterocycles. The number of hydrogen-bond acceptors (Lipinski definition) is 1. The highest BCUT2D eigenvalue weighted by Crippen LogP contribution is 2.10. The van der Waals surface area contributed by atoms with Crippen LogP contribution in [0.15, 0.2) is 60.7 Å². The van der Waals surface area contributed by atoms with Crippen molar-refractivity contribution in [3.63, 3.8) is 0 Å². The molecule has 0 aromatic heterocycles. The quantitative estimate of drug-likeness (QED) is 0.714. The van der Waals surface area contributed by atoms with Gasteiger partial charge in [-0.2, -0.15) is 0 Å². The second-order valence-electron chi connectivity index (χ2n) is 3.45. The lowest BCUT2D eigenvalue weighted by molar-refractivity contribution is 0.238. The number of aliphatic hydroxyl groups is 1. The zero-order chi connectivity index (χ0) is 11.2. The molecule has 1 unspecified atom stereocenters. The van der Waals surface area contributed by atoms with Crippen LogP contribution in [0.1, 0.15) is 17.2 Å². The van der Waals surface area contributed by atoms with E-state index in [1.54, 1.807) is 0 Å². The number of benzene rings is 2. The lowest BCUT2D eigenvalue weighted by Crippen LogP contribution is -1.92. The Morgan fingerprint density at radius 3 is 2.00 bits per heavy atom. The van der Waals surface area contributed by atoms with Crippen LogP contribution < -0.4 is 0 Å². The Balaban J connectivity index is 2.15. The summed E-state index contributed by atoms with van der Waals surface area (Å²) < 4.78 is 0. The summed E-state index contributed by atoms with van der Waals surface area (Å²) in [5.41, 5.74) is 1.74. The smallest absolute Gasteiger partial charge is 0.140 e. The first-order chi connectivity index (χ1) is 7.86. The van der Waals surface area contributed by atoms with Crippen molar-refractivity contribution in [2.45, 2.75) is 6.10 Å². The maximum absolute atomic E-state index is 9.81. The molecule has 0 bridgehead atoms. The maximum Gasteiger partial charge on any atom is 0.140 e. The average molecular weight is 208 g/mol. The molecule has 2 aromatic rings.